The third-order valence-electron chi connectivity index (χ3n) is 12.0. The van der Waals surface area contributed by atoms with E-state index in [0.29, 0.717) is 5.92 Å². The van der Waals surface area contributed by atoms with E-state index in [1.54, 1.807) is 0 Å². The number of rotatable bonds is 0. The normalized spacial score (nSPS) is 60.7. The molecule has 2 saturated heterocycles. The minimum absolute atomic E-state index is 0.180. The van der Waals surface area contributed by atoms with Crippen molar-refractivity contribution < 1.29 is 10.2 Å². The standard InChI is InChI=1S/C27H45NO2/c1-15-4-7-25-16(2)18-5-6-19-20(22(18)14-28(25)13-15)11-23-21(19)12-26(30)24-10-17(29)8-9-27(23,24)3/h15-26,29-30H,4-14H2,1-3H3/t15-,16+,17-,18+,19-,20+,21-,22+,23-,24+,25-,26+,27+/m0/s1. The lowest BCUT2D eigenvalue weighted by Gasteiger charge is -2.56. The van der Waals surface area contributed by atoms with Crippen molar-refractivity contribution in [2.45, 2.75) is 96.8 Å². The summed E-state index contributed by atoms with van der Waals surface area (Å²) in [4.78, 5) is 2.92. The summed E-state index contributed by atoms with van der Waals surface area (Å²) in [7, 11) is 0. The molecule has 3 nitrogen and oxygen atoms in total. The zero-order chi connectivity index (χ0) is 20.8. The molecule has 3 heteroatoms. The predicted molar refractivity (Wildman–Crippen MR) is 120 cm³/mol. The van der Waals surface area contributed by atoms with E-state index in [-0.39, 0.29) is 17.6 Å². The molecule has 6 fully saturated rings. The average Bonchev–Trinajstić information content (AvgIpc) is 3.09. The highest BCUT2D eigenvalue weighted by molar-refractivity contribution is 5.12. The van der Waals surface area contributed by atoms with Crippen LogP contribution in [-0.4, -0.2) is 46.5 Å². The molecule has 170 valence electrons. The summed E-state index contributed by atoms with van der Waals surface area (Å²) in [5, 5.41) is 21.5. The molecule has 0 aromatic rings. The van der Waals surface area contributed by atoms with Crippen molar-refractivity contribution in [2.24, 2.45) is 58.7 Å². The maximum absolute atomic E-state index is 11.2. The third kappa shape index (κ3) is 2.86. The number of hydrogen-bond donors (Lipinski definition) is 2. The molecule has 13 atom stereocenters. The van der Waals surface area contributed by atoms with Gasteiger partial charge in [0.1, 0.15) is 0 Å². The van der Waals surface area contributed by atoms with Crippen LogP contribution in [0.4, 0.5) is 0 Å². The maximum Gasteiger partial charge on any atom is 0.0577 e. The summed E-state index contributed by atoms with van der Waals surface area (Å²) in [6.45, 7) is 10.3. The Bertz CT molecular complexity index is 665. The van der Waals surface area contributed by atoms with Crippen LogP contribution in [0.15, 0.2) is 0 Å². The van der Waals surface area contributed by atoms with Crippen LogP contribution < -0.4 is 0 Å². The fourth-order valence-electron chi connectivity index (χ4n) is 10.6. The van der Waals surface area contributed by atoms with Crippen molar-refractivity contribution in [1.82, 2.24) is 4.90 Å². The van der Waals surface area contributed by atoms with Crippen LogP contribution in [-0.2, 0) is 0 Å². The van der Waals surface area contributed by atoms with Gasteiger partial charge in [-0.1, -0.05) is 20.8 Å². The lowest BCUT2D eigenvalue weighted by Crippen LogP contribution is -2.58. The number of fused-ring (bicyclic) bond motifs is 8. The first-order valence-corrected chi connectivity index (χ1v) is 13.5. The van der Waals surface area contributed by atoms with Gasteiger partial charge in [0, 0.05) is 19.1 Å². The van der Waals surface area contributed by atoms with Gasteiger partial charge < -0.3 is 10.2 Å². The van der Waals surface area contributed by atoms with Gasteiger partial charge in [-0.15, -0.1) is 0 Å². The van der Waals surface area contributed by atoms with Crippen LogP contribution in [0.2, 0.25) is 0 Å². The molecule has 0 spiro atoms. The van der Waals surface area contributed by atoms with Crippen molar-refractivity contribution in [3.05, 3.63) is 0 Å². The first-order chi connectivity index (χ1) is 14.4. The van der Waals surface area contributed by atoms with Crippen LogP contribution in [0.3, 0.4) is 0 Å². The van der Waals surface area contributed by atoms with Crippen molar-refractivity contribution in [3.63, 3.8) is 0 Å². The SMILES string of the molecule is C[C@H]1CC[C@H]2[C@H](C)[C@H]3CC[C@H]4[C@@H](C[C@H]5[C@H]4C[C@@H](O)[C@H]4C[C@@H](O)CC[C@@]45C)[C@@H]3CN2C1. The largest absolute Gasteiger partial charge is 0.393 e. The van der Waals surface area contributed by atoms with E-state index < -0.39 is 0 Å². The Labute approximate surface area is 184 Å². The number of piperidine rings is 2. The molecule has 0 unspecified atom stereocenters. The van der Waals surface area contributed by atoms with E-state index in [2.05, 4.69) is 25.7 Å². The molecule has 0 amide bonds. The maximum atomic E-state index is 11.2. The molecular weight excluding hydrogens is 370 g/mol. The van der Waals surface area contributed by atoms with Crippen molar-refractivity contribution >= 4 is 0 Å². The molecular formula is C27H45NO2. The summed E-state index contributed by atoms with van der Waals surface area (Å²) < 4.78 is 0. The molecule has 0 radical (unpaired) electrons. The molecule has 30 heavy (non-hydrogen) atoms. The van der Waals surface area contributed by atoms with Crippen molar-refractivity contribution in [3.8, 4) is 0 Å². The monoisotopic (exact) mass is 415 g/mol. The predicted octanol–water partition coefficient (Wildman–Crippen LogP) is 4.56. The Morgan fingerprint density at radius 2 is 1.53 bits per heavy atom. The van der Waals surface area contributed by atoms with Gasteiger partial charge in [-0.2, -0.15) is 0 Å². The molecule has 6 rings (SSSR count). The van der Waals surface area contributed by atoms with E-state index >= 15 is 0 Å². The van der Waals surface area contributed by atoms with Gasteiger partial charge in [0.15, 0.2) is 0 Å². The minimum Gasteiger partial charge on any atom is -0.393 e. The van der Waals surface area contributed by atoms with E-state index in [9.17, 15) is 10.2 Å². The Balaban J connectivity index is 1.28. The fourth-order valence-corrected chi connectivity index (χ4v) is 10.6. The van der Waals surface area contributed by atoms with E-state index in [4.69, 9.17) is 0 Å². The summed E-state index contributed by atoms with van der Waals surface area (Å²) in [5.74, 6) is 7.22. The zero-order valence-electron chi connectivity index (χ0n) is 19.5. The zero-order valence-corrected chi connectivity index (χ0v) is 19.5. The fraction of sp³-hybridized carbons (Fsp3) is 1.00. The van der Waals surface area contributed by atoms with Gasteiger partial charge in [-0.25, -0.2) is 0 Å². The second-order valence-electron chi connectivity index (χ2n) is 13.1. The van der Waals surface area contributed by atoms with Gasteiger partial charge in [-0.3, -0.25) is 4.90 Å². The Hall–Kier alpha value is -0.120. The molecule has 0 aromatic carbocycles. The van der Waals surface area contributed by atoms with Gasteiger partial charge in [0.25, 0.3) is 0 Å². The first kappa shape index (κ1) is 20.5. The van der Waals surface area contributed by atoms with Gasteiger partial charge in [0.2, 0.25) is 0 Å². The Morgan fingerprint density at radius 1 is 0.733 bits per heavy atom. The molecule has 4 saturated carbocycles. The van der Waals surface area contributed by atoms with Crippen LogP contribution >= 0.6 is 0 Å². The number of aliphatic hydroxyl groups is 2. The lowest BCUT2D eigenvalue weighted by atomic mass is 9.51. The number of nitrogens with zero attached hydrogens (tertiary/aromatic N) is 1. The smallest absolute Gasteiger partial charge is 0.0577 e. The van der Waals surface area contributed by atoms with Crippen LogP contribution in [0.25, 0.3) is 0 Å². The molecule has 4 aliphatic carbocycles. The first-order valence-electron chi connectivity index (χ1n) is 13.5. The average molecular weight is 416 g/mol. The minimum atomic E-state index is -0.181. The highest BCUT2D eigenvalue weighted by Crippen LogP contribution is 2.67. The summed E-state index contributed by atoms with van der Waals surface area (Å²) in [6.07, 6.45) is 10.7. The molecule has 2 N–H and O–H groups in total. The van der Waals surface area contributed by atoms with Crippen LogP contribution in [0.5, 0.6) is 0 Å². The second-order valence-corrected chi connectivity index (χ2v) is 13.1. The molecule has 2 heterocycles. The van der Waals surface area contributed by atoms with Crippen molar-refractivity contribution in [2.75, 3.05) is 13.1 Å². The highest BCUT2D eigenvalue weighted by atomic mass is 16.3. The Morgan fingerprint density at radius 3 is 2.37 bits per heavy atom. The van der Waals surface area contributed by atoms with E-state index in [1.807, 2.05) is 0 Å². The van der Waals surface area contributed by atoms with Gasteiger partial charge in [0.05, 0.1) is 12.2 Å². The number of aliphatic hydroxyl groups excluding tert-OH is 2. The van der Waals surface area contributed by atoms with Gasteiger partial charge in [-0.05, 0) is 116 Å². The van der Waals surface area contributed by atoms with E-state index in [0.717, 1.165) is 79.1 Å². The van der Waals surface area contributed by atoms with E-state index in [1.165, 1.54) is 45.2 Å². The summed E-state index contributed by atoms with van der Waals surface area (Å²) in [6, 6.07) is 0.853. The molecule has 0 bridgehead atoms. The summed E-state index contributed by atoms with van der Waals surface area (Å²) in [5.41, 5.74) is 0.261. The molecule has 2 aliphatic heterocycles. The van der Waals surface area contributed by atoms with Gasteiger partial charge >= 0.3 is 0 Å². The number of hydrogen-bond acceptors (Lipinski definition) is 3. The third-order valence-corrected chi connectivity index (χ3v) is 12.0. The summed E-state index contributed by atoms with van der Waals surface area (Å²) >= 11 is 0. The van der Waals surface area contributed by atoms with Crippen LogP contribution in [0.1, 0.15) is 78.6 Å². The topological polar surface area (TPSA) is 43.7 Å². The lowest BCUT2D eigenvalue weighted by molar-refractivity contribution is -0.130. The Kier molecular flexibility index (Phi) is 4.91. The highest BCUT2D eigenvalue weighted by Gasteiger charge is 2.62. The van der Waals surface area contributed by atoms with Crippen molar-refractivity contribution in [1.29, 1.82) is 0 Å². The van der Waals surface area contributed by atoms with Crippen LogP contribution in [0, 0.1) is 58.7 Å². The second kappa shape index (κ2) is 7.19. The molecule has 0 aromatic heterocycles. The molecule has 6 aliphatic rings. The quantitative estimate of drug-likeness (QED) is 0.609.